The van der Waals surface area contributed by atoms with Gasteiger partial charge in [0.25, 0.3) is 5.91 Å². The molecule has 2 saturated carbocycles. The van der Waals surface area contributed by atoms with Crippen LogP contribution in [0, 0.1) is 24.7 Å². The number of benzene rings is 1. The Morgan fingerprint density at radius 3 is 2.35 bits per heavy atom. The van der Waals surface area contributed by atoms with Crippen LogP contribution in [0.25, 0.3) is 0 Å². The number of hydrazine groups is 1. The minimum atomic E-state index is -0.250. The lowest BCUT2D eigenvalue weighted by Crippen LogP contribution is -2.43. The minimum Gasteiger partial charge on any atom is -0.273 e. The first-order valence-corrected chi connectivity index (χ1v) is 7.34. The molecule has 2 N–H and O–H groups in total. The van der Waals surface area contributed by atoms with Gasteiger partial charge in [0.1, 0.15) is 0 Å². The Balaban J connectivity index is 1.54. The molecule has 0 radical (unpaired) electrons. The topological polar surface area (TPSA) is 58.2 Å². The number of hydrogen-bond acceptors (Lipinski definition) is 2. The van der Waals surface area contributed by atoms with E-state index in [0.29, 0.717) is 17.4 Å². The molecule has 1 aromatic rings. The van der Waals surface area contributed by atoms with Gasteiger partial charge in [0, 0.05) is 11.5 Å². The molecule has 0 saturated heterocycles. The Morgan fingerprint density at radius 2 is 1.70 bits per heavy atom. The average Bonchev–Trinajstić information content (AvgIpc) is 3.19. The minimum absolute atomic E-state index is 0.0242. The average molecular weight is 272 g/mol. The second kappa shape index (κ2) is 5.27. The predicted molar refractivity (Wildman–Crippen MR) is 75.7 cm³/mol. The van der Waals surface area contributed by atoms with Crippen molar-refractivity contribution in [3.63, 3.8) is 0 Å². The summed E-state index contributed by atoms with van der Waals surface area (Å²) in [5.74, 6) is 0.955. The van der Waals surface area contributed by atoms with Gasteiger partial charge in [0.05, 0.1) is 0 Å². The number of fused-ring (bicyclic) bond motifs is 1. The van der Waals surface area contributed by atoms with Crippen molar-refractivity contribution in [3.05, 3.63) is 35.4 Å². The first-order valence-electron chi connectivity index (χ1n) is 7.34. The highest BCUT2D eigenvalue weighted by molar-refractivity contribution is 5.97. The third-order valence-corrected chi connectivity index (χ3v) is 4.65. The third-order valence-electron chi connectivity index (χ3n) is 4.65. The summed E-state index contributed by atoms with van der Waals surface area (Å²) in [6, 6.07) is 7.35. The molecule has 2 atom stereocenters. The molecule has 0 bridgehead atoms. The van der Waals surface area contributed by atoms with Gasteiger partial charge in [-0.15, -0.1) is 0 Å². The molecule has 0 aliphatic heterocycles. The summed E-state index contributed by atoms with van der Waals surface area (Å²) in [4.78, 5) is 24.1. The summed E-state index contributed by atoms with van der Waals surface area (Å²) in [5.41, 5.74) is 6.62. The van der Waals surface area contributed by atoms with Crippen LogP contribution in [0.5, 0.6) is 0 Å². The van der Waals surface area contributed by atoms with Crippen LogP contribution in [0.1, 0.15) is 41.6 Å². The maximum atomic E-state index is 12.1. The number of nitrogens with one attached hydrogen (secondary N) is 2. The van der Waals surface area contributed by atoms with Crippen LogP contribution in [-0.2, 0) is 4.79 Å². The highest BCUT2D eigenvalue weighted by Gasteiger charge is 2.54. The van der Waals surface area contributed by atoms with E-state index in [4.69, 9.17) is 0 Å². The van der Waals surface area contributed by atoms with Gasteiger partial charge in [-0.1, -0.05) is 31.0 Å². The van der Waals surface area contributed by atoms with Gasteiger partial charge in [-0.05, 0) is 43.2 Å². The second-order valence-electron chi connectivity index (χ2n) is 5.90. The fourth-order valence-electron chi connectivity index (χ4n) is 3.48. The molecule has 2 aliphatic carbocycles. The second-order valence-corrected chi connectivity index (χ2v) is 5.90. The van der Waals surface area contributed by atoms with E-state index < -0.39 is 0 Å². The van der Waals surface area contributed by atoms with Crippen LogP contribution in [0.15, 0.2) is 24.3 Å². The largest absolute Gasteiger partial charge is 0.273 e. The van der Waals surface area contributed by atoms with Crippen molar-refractivity contribution in [1.29, 1.82) is 0 Å². The molecule has 4 heteroatoms. The summed E-state index contributed by atoms with van der Waals surface area (Å²) in [7, 11) is 0. The molecule has 0 aromatic heterocycles. The van der Waals surface area contributed by atoms with Crippen molar-refractivity contribution < 1.29 is 9.59 Å². The van der Waals surface area contributed by atoms with E-state index in [1.807, 2.05) is 25.1 Å². The molecule has 0 unspecified atom stereocenters. The van der Waals surface area contributed by atoms with Crippen molar-refractivity contribution in [2.24, 2.45) is 17.8 Å². The Labute approximate surface area is 118 Å². The van der Waals surface area contributed by atoms with Gasteiger partial charge >= 0.3 is 0 Å². The van der Waals surface area contributed by atoms with E-state index in [1.165, 1.54) is 12.8 Å². The predicted octanol–water partition coefficient (Wildman–Crippen LogP) is 2.19. The van der Waals surface area contributed by atoms with Gasteiger partial charge < -0.3 is 0 Å². The van der Waals surface area contributed by atoms with Crippen LogP contribution in [-0.4, -0.2) is 11.8 Å². The first kappa shape index (κ1) is 13.2. The van der Waals surface area contributed by atoms with Gasteiger partial charge in [-0.2, -0.15) is 0 Å². The van der Waals surface area contributed by atoms with E-state index >= 15 is 0 Å². The molecule has 0 heterocycles. The van der Waals surface area contributed by atoms with Crippen molar-refractivity contribution in [2.45, 2.75) is 32.6 Å². The zero-order chi connectivity index (χ0) is 14.1. The molecule has 4 nitrogen and oxygen atoms in total. The lowest BCUT2D eigenvalue weighted by molar-refractivity contribution is -0.123. The summed E-state index contributed by atoms with van der Waals surface area (Å²) >= 11 is 0. The molecule has 2 aliphatic rings. The summed E-state index contributed by atoms with van der Waals surface area (Å²) in [5, 5.41) is 0. The smallest absolute Gasteiger partial charge is 0.269 e. The SMILES string of the molecule is Cc1ccccc1C(=O)NNC(=O)C1[C@@H]2CCCC[C@@H]12. The molecule has 0 spiro atoms. The molecule has 20 heavy (non-hydrogen) atoms. The maximum absolute atomic E-state index is 12.1. The molecular weight excluding hydrogens is 252 g/mol. The molecule has 106 valence electrons. The van der Waals surface area contributed by atoms with E-state index in [0.717, 1.165) is 18.4 Å². The maximum Gasteiger partial charge on any atom is 0.269 e. The van der Waals surface area contributed by atoms with E-state index in [1.54, 1.807) is 6.07 Å². The lowest BCUT2D eigenvalue weighted by Gasteiger charge is -2.08. The Kier molecular flexibility index (Phi) is 3.47. The highest BCUT2D eigenvalue weighted by atomic mass is 16.2. The first-order chi connectivity index (χ1) is 9.68. The van der Waals surface area contributed by atoms with Crippen molar-refractivity contribution in [2.75, 3.05) is 0 Å². The van der Waals surface area contributed by atoms with Gasteiger partial charge in [0.15, 0.2) is 0 Å². The monoisotopic (exact) mass is 272 g/mol. The van der Waals surface area contributed by atoms with Crippen molar-refractivity contribution >= 4 is 11.8 Å². The molecule has 1 aromatic carbocycles. The van der Waals surface area contributed by atoms with Gasteiger partial charge in [-0.25, -0.2) is 0 Å². The van der Waals surface area contributed by atoms with Crippen LogP contribution in [0.3, 0.4) is 0 Å². The van der Waals surface area contributed by atoms with E-state index in [9.17, 15) is 9.59 Å². The van der Waals surface area contributed by atoms with Crippen molar-refractivity contribution in [1.82, 2.24) is 10.9 Å². The van der Waals surface area contributed by atoms with E-state index in [-0.39, 0.29) is 17.7 Å². The Morgan fingerprint density at radius 1 is 1.05 bits per heavy atom. The summed E-state index contributed by atoms with van der Waals surface area (Å²) in [6.45, 7) is 1.88. The van der Waals surface area contributed by atoms with Gasteiger partial charge in [0.2, 0.25) is 5.91 Å². The number of hydrogen-bond donors (Lipinski definition) is 2. The molecule has 3 rings (SSSR count). The van der Waals surface area contributed by atoms with Crippen molar-refractivity contribution in [3.8, 4) is 0 Å². The standard InChI is InChI=1S/C16H20N2O2/c1-10-6-2-3-7-11(10)15(19)17-18-16(20)14-12-8-4-5-9-13(12)14/h2-3,6-7,12-14H,4-5,8-9H2,1H3,(H,17,19)(H,18,20)/t12-,13-/m1/s1. The zero-order valence-corrected chi connectivity index (χ0v) is 11.7. The molecular formula is C16H20N2O2. The van der Waals surface area contributed by atoms with E-state index in [2.05, 4.69) is 10.9 Å². The molecule has 2 fully saturated rings. The quantitative estimate of drug-likeness (QED) is 0.811. The number of rotatable bonds is 2. The highest BCUT2D eigenvalue weighted by Crippen LogP contribution is 2.55. The normalized spacial score (nSPS) is 27.4. The number of carbonyl (C=O) groups is 2. The third kappa shape index (κ3) is 2.42. The Hall–Kier alpha value is -1.84. The summed E-state index contributed by atoms with van der Waals surface area (Å²) < 4.78 is 0. The van der Waals surface area contributed by atoms with Crippen LogP contribution in [0.2, 0.25) is 0 Å². The lowest BCUT2D eigenvalue weighted by atomic mass is 10.0. The number of carbonyl (C=O) groups excluding carboxylic acids is 2. The van der Waals surface area contributed by atoms with Gasteiger partial charge in [-0.3, -0.25) is 20.4 Å². The van der Waals surface area contributed by atoms with Crippen LogP contribution < -0.4 is 10.9 Å². The number of amides is 2. The van der Waals surface area contributed by atoms with Crippen LogP contribution in [0.4, 0.5) is 0 Å². The number of aryl methyl sites for hydroxylation is 1. The fraction of sp³-hybridized carbons (Fsp3) is 0.500. The van der Waals surface area contributed by atoms with Crippen LogP contribution >= 0.6 is 0 Å². The Bertz CT molecular complexity index is 529. The zero-order valence-electron chi connectivity index (χ0n) is 11.7. The fourth-order valence-corrected chi connectivity index (χ4v) is 3.48. The summed E-state index contributed by atoms with van der Waals surface area (Å²) in [6.07, 6.45) is 4.80. The molecule has 2 amide bonds.